The molecule has 0 aliphatic carbocycles. The highest BCUT2D eigenvalue weighted by Crippen LogP contribution is 2.19. The van der Waals surface area contributed by atoms with E-state index >= 15 is 0 Å². The smallest absolute Gasteiger partial charge is 0.308 e. The molecule has 2 heterocycles. The van der Waals surface area contributed by atoms with Crippen LogP contribution in [-0.2, 0) is 20.8 Å². The average Bonchev–Trinajstić information content (AvgIpc) is 2.75. The van der Waals surface area contributed by atoms with Crippen LogP contribution in [0.25, 0.3) is 0 Å². The number of benzene rings is 1. The van der Waals surface area contributed by atoms with Crippen LogP contribution in [-0.4, -0.2) is 70.4 Å². The second-order valence-electron chi connectivity index (χ2n) is 6.95. The molecule has 2 aliphatic heterocycles. The summed E-state index contributed by atoms with van der Waals surface area (Å²) in [4.78, 5) is 20.6. The SMILES string of the molecule is CN=C(NCc1ccc(N2CCOCC2)cc1)N1CCC(C(=O)OC)CC1.I. The monoisotopic (exact) mass is 502 g/mol. The van der Waals surface area contributed by atoms with Crippen molar-refractivity contribution in [1.29, 1.82) is 0 Å². The fourth-order valence-electron chi connectivity index (χ4n) is 3.65. The van der Waals surface area contributed by atoms with E-state index in [0.29, 0.717) is 0 Å². The molecule has 3 rings (SSSR count). The molecule has 0 radical (unpaired) electrons. The number of ether oxygens (including phenoxy) is 2. The highest BCUT2D eigenvalue weighted by Gasteiger charge is 2.26. The molecule has 0 amide bonds. The molecular weight excluding hydrogens is 471 g/mol. The lowest BCUT2D eigenvalue weighted by atomic mass is 9.97. The number of likely N-dealkylation sites (tertiary alicyclic amines) is 1. The molecule has 0 unspecified atom stereocenters. The third-order valence-electron chi connectivity index (χ3n) is 5.30. The molecule has 0 spiro atoms. The van der Waals surface area contributed by atoms with E-state index in [4.69, 9.17) is 9.47 Å². The fraction of sp³-hybridized carbons (Fsp3) is 0.600. The van der Waals surface area contributed by atoms with Gasteiger partial charge in [-0.05, 0) is 30.5 Å². The first-order chi connectivity index (χ1) is 13.2. The van der Waals surface area contributed by atoms with E-state index in [-0.39, 0.29) is 35.9 Å². The van der Waals surface area contributed by atoms with Gasteiger partial charge in [0.2, 0.25) is 0 Å². The lowest BCUT2D eigenvalue weighted by Crippen LogP contribution is -2.46. The van der Waals surface area contributed by atoms with Gasteiger partial charge in [0.15, 0.2) is 5.96 Å². The summed E-state index contributed by atoms with van der Waals surface area (Å²) in [5.41, 5.74) is 2.47. The van der Waals surface area contributed by atoms with E-state index < -0.39 is 0 Å². The van der Waals surface area contributed by atoms with E-state index in [1.807, 2.05) is 0 Å². The van der Waals surface area contributed by atoms with Crippen molar-refractivity contribution in [2.24, 2.45) is 10.9 Å². The van der Waals surface area contributed by atoms with Crippen LogP contribution in [0.15, 0.2) is 29.3 Å². The van der Waals surface area contributed by atoms with Crippen LogP contribution in [0.4, 0.5) is 5.69 Å². The van der Waals surface area contributed by atoms with E-state index in [0.717, 1.165) is 64.7 Å². The molecule has 2 saturated heterocycles. The molecule has 0 aromatic heterocycles. The zero-order chi connectivity index (χ0) is 19.1. The van der Waals surface area contributed by atoms with Crippen molar-refractivity contribution in [3.8, 4) is 0 Å². The summed E-state index contributed by atoms with van der Waals surface area (Å²) < 4.78 is 10.3. The molecule has 8 heteroatoms. The molecule has 2 aliphatic rings. The zero-order valence-corrected chi connectivity index (χ0v) is 19.1. The summed E-state index contributed by atoms with van der Waals surface area (Å²) in [6.45, 7) is 5.86. The van der Waals surface area contributed by atoms with Crippen LogP contribution in [0.1, 0.15) is 18.4 Å². The lowest BCUT2D eigenvalue weighted by Gasteiger charge is -2.33. The molecule has 28 heavy (non-hydrogen) atoms. The number of aliphatic imine (C=N–C) groups is 1. The quantitative estimate of drug-likeness (QED) is 0.295. The van der Waals surface area contributed by atoms with Crippen LogP contribution < -0.4 is 10.2 Å². The van der Waals surface area contributed by atoms with Crippen LogP contribution in [0.2, 0.25) is 0 Å². The molecule has 1 N–H and O–H groups in total. The Hall–Kier alpha value is -1.55. The summed E-state index contributed by atoms with van der Waals surface area (Å²) in [6, 6.07) is 8.67. The van der Waals surface area contributed by atoms with Gasteiger partial charge in [-0.2, -0.15) is 0 Å². The Morgan fingerprint density at radius 3 is 2.39 bits per heavy atom. The van der Waals surface area contributed by atoms with E-state index in [9.17, 15) is 4.79 Å². The second-order valence-corrected chi connectivity index (χ2v) is 6.95. The Balaban J connectivity index is 0.00000280. The minimum absolute atomic E-state index is 0. The number of nitrogens with zero attached hydrogens (tertiary/aromatic N) is 3. The Kier molecular flexibility index (Phi) is 9.30. The average molecular weight is 502 g/mol. The van der Waals surface area contributed by atoms with Gasteiger partial charge in [-0.25, -0.2) is 0 Å². The highest BCUT2D eigenvalue weighted by atomic mass is 127. The van der Waals surface area contributed by atoms with Crippen molar-refractivity contribution in [3.63, 3.8) is 0 Å². The van der Waals surface area contributed by atoms with Crippen molar-refractivity contribution in [2.75, 3.05) is 58.5 Å². The van der Waals surface area contributed by atoms with Gasteiger partial charge in [0.05, 0.1) is 26.2 Å². The summed E-state index contributed by atoms with van der Waals surface area (Å²) in [6.07, 6.45) is 1.61. The predicted molar refractivity (Wildman–Crippen MR) is 121 cm³/mol. The standard InChI is InChI=1S/C20H30N4O3.HI/c1-21-20(24-9-7-17(8-10-24)19(25)26-2)22-15-16-3-5-18(6-4-16)23-11-13-27-14-12-23;/h3-6,17H,7-15H2,1-2H3,(H,21,22);1H. The number of piperidine rings is 1. The number of methoxy groups -OCH3 is 1. The summed E-state index contributed by atoms with van der Waals surface area (Å²) >= 11 is 0. The van der Waals surface area contributed by atoms with Gasteiger partial charge in [-0.1, -0.05) is 12.1 Å². The first-order valence-corrected chi connectivity index (χ1v) is 9.66. The van der Waals surface area contributed by atoms with Gasteiger partial charge >= 0.3 is 5.97 Å². The first-order valence-electron chi connectivity index (χ1n) is 9.66. The zero-order valence-electron chi connectivity index (χ0n) is 16.7. The first kappa shape index (κ1) is 22.7. The van der Waals surface area contributed by atoms with Gasteiger partial charge in [0.25, 0.3) is 0 Å². The van der Waals surface area contributed by atoms with Crippen molar-refractivity contribution >= 4 is 41.6 Å². The maximum Gasteiger partial charge on any atom is 0.308 e. The summed E-state index contributed by atoms with van der Waals surface area (Å²) in [5, 5.41) is 3.44. The second kappa shape index (κ2) is 11.5. The van der Waals surface area contributed by atoms with Gasteiger partial charge < -0.3 is 24.6 Å². The molecule has 1 aromatic rings. The minimum Gasteiger partial charge on any atom is -0.469 e. The van der Waals surface area contributed by atoms with Crippen LogP contribution >= 0.6 is 24.0 Å². The summed E-state index contributed by atoms with van der Waals surface area (Å²) in [7, 11) is 3.26. The lowest BCUT2D eigenvalue weighted by molar-refractivity contribution is -0.146. The predicted octanol–water partition coefficient (Wildman–Crippen LogP) is 2.10. The third kappa shape index (κ3) is 5.97. The van der Waals surface area contributed by atoms with E-state index in [2.05, 4.69) is 44.4 Å². The number of carbonyl (C=O) groups is 1. The molecule has 2 fully saturated rings. The largest absolute Gasteiger partial charge is 0.469 e. The Morgan fingerprint density at radius 1 is 1.18 bits per heavy atom. The number of morpholine rings is 1. The van der Waals surface area contributed by atoms with Crippen LogP contribution in [0.3, 0.4) is 0 Å². The number of halogens is 1. The Labute approximate surface area is 184 Å². The Morgan fingerprint density at radius 2 is 1.82 bits per heavy atom. The van der Waals surface area contributed by atoms with Gasteiger partial charge in [-0.3, -0.25) is 9.79 Å². The molecule has 0 saturated carbocycles. The molecule has 156 valence electrons. The maximum absolute atomic E-state index is 11.7. The number of carbonyl (C=O) groups excluding carboxylic acids is 1. The van der Waals surface area contributed by atoms with E-state index in [1.165, 1.54) is 18.4 Å². The van der Waals surface area contributed by atoms with Crippen LogP contribution in [0.5, 0.6) is 0 Å². The topological polar surface area (TPSA) is 66.4 Å². The third-order valence-corrected chi connectivity index (χ3v) is 5.30. The number of hydrogen-bond acceptors (Lipinski definition) is 5. The number of esters is 1. The number of anilines is 1. The van der Waals surface area contributed by atoms with Crippen LogP contribution in [0, 0.1) is 5.92 Å². The fourth-order valence-corrected chi connectivity index (χ4v) is 3.65. The molecular formula is C20H31IN4O3. The highest BCUT2D eigenvalue weighted by molar-refractivity contribution is 14.0. The summed E-state index contributed by atoms with van der Waals surface area (Å²) in [5.74, 6) is 0.797. The molecule has 0 bridgehead atoms. The molecule has 0 atom stereocenters. The van der Waals surface area contributed by atoms with Crippen molar-refractivity contribution in [2.45, 2.75) is 19.4 Å². The van der Waals surface area contributed by atoms with Gasteiger partial charge in [0.1, 0.15) is 0 Å². The van der Waals surface area contributed by atoms with Crippen molar-refractivity contribution < 1.29 is 14.3 Å². The number of guanidine groups is 1. The number of nitrogens with one attached hydrogen (secondary N) is 1. The van der Waals surface area contributed by atoms with Gasteiger partial charge in [0, 0.05) is 45.5 Å². The van der Waals surface area contributed by atoms with E-state index in [1.54, 1.807) is 7.05 Å². The van der Waals surface area contributed by atoms with Crippen molar-refractivity contribution in [3.05, 3.63) is 29.8 Å². The minimum atomic E-state index is -0.0991. The maximum atomic E-state index is 11.7. The Bertz CT molecular complexity index is 639. The van der Waals surface area contributed by atoms with Gasteiger partial charge in [-0.15, -0.1) is 24.0 Å². The normalized spacial score (nSPS) is 18.4. The number of rotatable bonds is 4. The molecule has 7 nitrogen and oxygen atoms in total. The number of hydrogen-bond donors (Lipinski definition) is 1. The van der Waals surface area contributed by atoms with Crippen molar-refractivity contribution in [1.82, 2.24) is 10.2 Å². The molecule has 1 aromatic carbocycles.